The maximum Gasteiger partial charge on any atom is 0.416 e. The number of fused-ring (bicyclic) bond motifs is 1. The molecular formula is C21H24F3N7O2. The van der Waals surface area contributed by atoms with Crippen LogP contribution in [0.25, 0.3) is 11.2 Å². The number of morpholine rings is 1. The first-order valence-corrected chi connectivity index (χ1v) is 10.8. The lowest BCUT2D eigenvalue weighted by molar-refractivity contribution is -0.138. The zero-order chi connectivity index (χ0) is 23.2. The van der Waals surface area contributed by atoms with Crippen molar-refractivity contribution in [2.45, 2.75) is 31.7 Å². The number of β-amino-alcohol motifs (C(OH)–C–C–N with tert-alkyl or cyclic N) is 1. The molecule has 0 aliphatic carbocycles. The summed E-state index contributed by atoms with van der Waals surface area (Å²) in [6.45, 7) is 4.83. The van der Waals surface area contributed by atoms with Gasteiger partial charge in [0.15, 0.2) is 17.0 Å². The van der Waals surface area contributed by atoms with Gasteiger partial charge in [-0.1, -0.05) is 23.4 Å². The van der Waals surface area contributed by atoms with Crippen LogP contribution in [-0.4, -0.2) is 75.1 Å². The number of ether oxygens (including phenoxy) is 1. The largest absolute Gasteiger partial charge is 0.416 e. The Kier molecular flexibility index (Phi) is 5.36. The van der Waals surface area contributed by atoms with E-state index in [9.17, 15) is 18.3 Å². The van der Waals surface area contributed by atoms with Crippen molar-refractivity contribution >= 4 is 22.9 Å². The number of hydrogen-bond acceptors (Lipinski definition) is 8. The highest BCUT2D eigenvalue weighted by molar-refractivity contribution is 5.84. The fourth-order valence-corrected chi connectivity index (χ4v) is 4.28. The molecule has 2 fully saturated rings. The molecule has 176 valence electrons. The van der Waals surface area contributed by atoms with E-state index in [-0.39, 0.29) is 12.1 Å². The second-order valence-electron chi connectivity index (χ2n) is 8.69. The van der Waals surface area contributed by atoms with Crippen LogP contribution in [0.3, 0.4) is 0 Å². The fraction of sp³-hybridized carbons (Fsp3) is 0.524. The normalized spacial score (nSPS) is 21.8. The Hall–Kier alpha value is -2.99. The van der Waals surface area contributed by atoms with Crippen molar-refractivity contribution in [2.75, 3.05) is 49.2 Å². The van der Waals surface area contributed by atoms with Gasteiger partial charge in [-0.3, -0.25) is 0 Å². The van der Waals surface area contributed by atoms with E-state index >= 15 is 0 Å². The van der Waals surface area contributed by atoms with Gasteiger partial charge in [0.1, 0.15) is 0 Å². The van der Waals surface area contributed by atoms with Crippen molar-refractivity contribution in [2.24, 2.45) is 0 Å². The van der Waals surface area contributed by atoms with Gasteiger partial charge in [0.2, 0.25) is 5.95 Å². The third-order valence-electron chi connectivity index (χ3n) is 6.02. The van der Waals surface area contributed by atoms with Crippen LogP contribution in [0.2, 0.25) is 0 Å². The van der Waals surface area contributed by atoms with E-state index in [2.05, 4.69) is 15.3 Å². The molecule has 0 unspecified atom stereocenters. The van der Waals surface area contributed by atoms with E-state index < -0.39 is 17.3 Å². The molecule has 4 heterocycles. The lowest BCUT2D eigenvalue weighted by Crippen LogP contribution is -2.38. The smallest absolute Gasteiger partial charge is 0.388 e. The average Bonchev–Trinajstić information content (AvgIpc) is 3.36. The Labute approximate surface area is 187 Å². The Morgan fingerprint density at radius 3 is 2.55 bits per heavy atom. The first kappa shape index (κ1) is 21.8. The minimum Gasteiger partial charge on any atom is -0.388 e. The Balaban J connectivity index is 1.59. The molecular weight excluding hydrogens is 439 g/mol. The number of benzene rings is 1. The van der Waals surface area contributed by atoms with Crippen LogP contribution in [0.15, 0.2) is 24.3 Å². The minimum absolute atomic E-state index is 0.0778. The third-order valence-corrected chi connectivity index (χ3v) is 6.02. The highest BCUT2D eigenvalue weighted by Gasteiger charge is 2.35. The second kappa shape index (κ2) is 8.10. The van der Waals surface area contributed by atoms with Crippen molar-refractivity contribution in [1.82, 2.24) is 25.0 Å². The number of aliphatic hydroxyl groups is 1. The highest BCUT2D eigenvalue weighted by atomic mass is 19.4. The van der Waals surface area contributed by atoms with Gasteiger partial charge in [0, 0.05) is 26.2 Å². The third kappa shape index (κ3) is 4.32. The number of alkyl halides is 3. The van der Waals surface area contributed by atoms with Crippen LogP contribution in [0.1, 0.15) is 24.5 Å². The molecule has 1 aromatic carbocycles. The number of hydrogen-bond donors (Lipinski definition) is 1. The topological polar surface area (TPSA) is 92.4 Å². The summed E-state index contributed by atoms with van der Waals surface area (Å²) >= 11 is 0. The molecule has 5 rings (SSSR count). The van der Waals surface area contributed by atoms with E-state index in [0.29, 0.717) is 68.7 Å². The van der Waals surface area contributed by atoms with Gasteiger partial charge in [-0.25, -0.2) is 4.68 Å². The van der Waals surface area contributed by atoms with Crippen molar-refractivity contribution in [1.29, 1.82) is 0 Å². The predicted octanol–water partition coefficient (Wildman–Crippen LogP) is 2.09. The molecule has 0 amide bonds. The molecule has 1 N–H and O–H groups in total. The number of aromatic nitrogens is 5. The van der Waals surface area contributed by atoms with E-state index in [4.69, 9.17) is 9.72 Å². The van der Waals surface area contributed by atoms with Gasteiger partial charge in [-0.05, 0) is 25.0 Å². The molecule has 0 radical (unpaired) electrons. The van der Waals surface area contributed by atoms with Gasteiger partial charge in [0.05, 0.1) is 30.9 Å². The Morgan fingerprint density at radius 2 is 1.85 bits per heavy atom. The summed E-state index contributed by atoms with van der Waals surface area (Å²) in [4.78, 5) is 13.3. The maximum atomic E-state index is 13.5. The van der Waals surface area contributed by atoms with Crippen molar-refractivity contribution in [3.63, 3.8) is 0 Å². The summed E-state index contributed by atoms with van der Waals surface area (Å²) in [5, 5.41) is 18.8. The summed E-state index contributed by atoms with van der Waals surface area (Å²) in [5.74, 6) is 0.967. The molecule has 2 aromatic heterocycles. The lowest BCUT2D eigenvalue weighted by Gasteiger charge is -2.28. The lowest BCUT2D eigenvalue weighted by atomic mass is 10.1. The SMILES string of the molecule is C[C@@]1(O)CCN(c2nc(N3CCOCC3)nc3c2nnn3Cc2ccccc2C(F)(F)F)C1. The molecule has 12 heteroatoms. The van der Waals surface area contributed by atoms with Crippen LogP contribution in [0, 0.1) is 0 Å². The summed E-state index contributed by atoms with van der Waals surface area (Å²) in [7, 11) is 0. The zero-order valence-electron chi connectivity index (χ0n) is 18.1. The van der Waals surface area contributed by atoms with E-state index in [0.717, 1.165) is 6.07 Å². The monoisotopic (exact) mass is 463 g/mol. The fourth-order valence-electron chi connectivity index (χ4n) is 4.28. The number of rotatable bonds is 4. The molecule has 2 saturated heterocycles. The van der Waals surface area contributed by atoms with Gasteiger partial charge in [0.25, 0.3) is 0 Å². The Bertz CT molecular complexity index is 1160. The molecule has 2 aliphatic rings. The van der Waals surface area contributed by atoms with Crippen LogP contribution < -0.4 is 9.80 Å². The van der Waals surface area contributed by atoms with Gasteiger partial charge in [-0.2, -0.15) is 23.1 Å². The summed E-state index contributed by atoms with van der Waals surface area (Å²) in [5.41, 5.74) is -0.752. The zero-order valence-corrected chi connectivity index (χ0v) is 18.1. The molecule has 3 aromatic rings. The quantitative estimate of drug-likeness (QED) is 0.629. The van der Waals surface area contributed by atoms with E-state index in [1.54, 1.807) is 13.0 Å². The summed E-state index contributed by atoms with van der Waals surface area (Å²) < 4.78 is 47.4. The van der Waals surface area contributed by atoms with Crippen LogP contribution in [0.4, 0.5) is 24.9 Å². The van der Waals surface area contributed by atoms with Gasteiger partial charge >= 0.3 is 6.18 Å². The second-order valence-corrected chi connectivity index (χ2v) is 8.69. The number of anilines is 2. The summed E-state index contributed by atoms with van der Waals surface area (Å²) in [6, 6.07) is 5.41. The molecule has 2 aliphatic heterocycles. The van der Waals surface area contributed by atoms with Crippen molar-refractivity contribution < 1.29 is 23.0 Å². The standard InChI is InChI=1S/C21H24F3N7O2/c1-20(32)6-7-30(13-20)17-16-18(26-19(25-17)29-8-10-33-11-9-29)31(28-27-16)12-14-4-2-3-5-15(14)21(22,23)24/h2-5,32H,6-13H2,1H3/t20-/m1/s1. The predicted molar refractivity (Wildman–Crippen MR) is 114 cm³/mol. The highest BCUT2D eigenvalue weighted by Crippen LogP contribution is 2.34. The first-order valence-electron chi connectivity index (χ1n) is 10.8. The molecule has 9 nitrogen and oxygen atoms in total. The van der Waals surface area contributed by atoms with Crippen LogP contribution >= 0.6 is 0 Å². The molecule has 1 atom stereocenters. The summed E-state index contributed by atoms with van der Waals surface area (Å²) in [6.07, 6.45) is -3.91. The van der Waals surface area contributed by atoms with E-state index in [1.807, 2.05) is 9.80 Å². The molecule has 0 spiro atoms. The van der Waals surface area contributed by atoms with Crippen LogP contribution in [0.5, 0.6) is 0 Å². The average molecular weight is 463 g/mol. The minimum atomic E-state index is -4.48. The first-order chi connectivity index (χ1) is 15.7. The van der Waals surface area contributed by atoms with Crippen LogP contribution in [-0.2, 0) is 17.5 Å². The van der Waals surface area contributed by atoms with Crippen molar-refractivity contribution in [3.8, 4) is 0 Å². The molecule has 33 heavy (non-hydrogen) atoms. The number of halogens is 3. The van der Waals surface area contributed by atoms with Gasteiger partial charge in [-0.15, -0.1) is 5.10 Å². The molecule has 0 saturated carbocycles. The van der Waals surface area contributed by atoms with Crippen molar-refractivity contribution in [3.05, 3.63) is 35.4 Å². The van der Waals surface area contributed by atoms with E-state index in [1.165, 1.54) is 16.8 Å². The Morgan fingerprint density at radius 1 is 1.09 bits per heavy atom. The maximum absolute atomic E-state index is 13.5. The molecule has 0 bridgehead atoms. The number of nitrogens with zero attached hydrogens (tertiary/aromatic N) is 7. The van der Waals surface area contributed by atoms with Gasteiger partial charge < -0.3 is 19.6 Å².